The molecule has 0 unspecified atom stereocenters. The van der Waals surface area contributed by atoms with Gasteiger partial charge in [0.05, 0.1) is 18.4 Å². The molecule has 2 aromatic heterocycles. The standard InChI is InChI=1S/C13H15N7/c1-9-14-7-12(16-9)8-15-11-5-3-4-10(6-11)13-17-18-19-20(13)2/h3-7,15H,8H2,1-2H3,(H,14,16). The first kappa shape index (κ1) is 12.3. The highest BCUT2D eigenvalue weighted by atomic mass is 15.5. The maximum atomic E-state index is 4.17. The highest BCUT2D eigenvalue weighted by Crippen LogP contribution is 2.19. The second kappa shape index (κ2) is 5.12. The van der Waals surface area contributed by atoms with Gasteiger partial charge in [-0.3, -0.25) is 0 Å². The summed E-state index contributed by atoms with van der Waals surface area (Å²) in [5.41, 5.74) is 3.04. The van der Waals surface area contributed by atoms with Gasteiger partial charge in [0.2, 0.25) is 0 Å². The monoisotopic (exact) mass is 269 g/mol. The van der Waals surface area contributed by atoms with Crippen molar-refractivity contribution in [2.45, 2.75) is 13.5 Å². The zero-order valence-electron chi connectivity index (χ0n) is 11.3. The summed E-state index contributed by atoms with van der Waals surface area (Å²) in [6, 6.07) is 7.99. The summed E-state index contributed by atoms with van der Waals surface area (Å²) in [5.74, 6) is 1.66. The lowest BCUT2D eigenvalue weighted by molar-refractivity contribution is 0.714. The quantitative estimate of drug-likeness (QED) is 0.750. The molecule has 2 heterocycles. The molecule has 102 valence electrons. The summed E-state index contributed by atoms with van der Waals surface area (Å²) in [7, 11) is 1.82. The third-order valence-corrected chi connectivity index (χ3v) is 2.98. The number of tetrazole rings is 1. The highest BCUT2D eigenvalue weighted by Gasteiger charge is 2.06. The van der Waals surface area contributed by atoms with Crippen LogP contribution in [0.3, 0.4) is 0 Å². The first-order valence-electron chi connectivity index (χ1n) is 6.29. The summed E-state index contributed by atoms with van der Waals surface area (Å²) in [5, 5.41) is 14.8. The number of hydrogen-bond donors (Lipinski definition) is 2. The third-order valence-electron chi connectivity index (χ3n) is 2.98. The second-order valence-electron chi connectivity index (χ2n) is 4.55. The molecule has 7 heteroatoms. The molecule has 2 N–H and O–H groups in total. The van der Waals surface area contributed by atoms with E-state index in [2.05, 4.69) is 30.8 Å². The highest BCUT2D eigenvalue weighted by molar-refractivity contribution is 5.62. The van der Waals surface area contributed by atoms with Crippen molar-refractivity contribution >= 4 is 5.69 Å². The molecule has 0 aliphatic heterocycles. The van der Waals surface area contributed by atoms with Crippen LogP contribution in [0.25, 0.3) is 11.4 Å². The Morgan fingerprint density at radius 1 is 1.35 bits per heavy atom. The lowest BCUT2D eigenvalue weighted by Gasteiger charge is -2.06. The largest absolute Gasteiger partial charge is 0.379 e. The molecule has 3 aromatic rings. The van der Waals surface area contributed by atoms with Crippen molar-refractivity contribution in [2.24, 2.45) is 7.05 Å². The normalized spacial score (nSPS) is 10.7. The molecule has 0 saturated heterocycles. The van der Waals surface area contributed by atoms with Crippen LogP contribution in [0.1, 0.15) is 11.5 Å². The van der Waals surface area contributed by atoms with Crippen LogP contribution in [0.4, 0.5) is 5.69 Å². The van der Waals surface area contributed by atoms with E-state index in [1.54, 1.807) is 4.68 Å². The SMILES string of the molecule is Cc1ncc(CNc2cccc(-c3nnnn3C)c2)[nH]1. The summed E-state index contributed by atoms with van der Waals surface area (Å²) < 4.78 is 1.65. The predicted molar refractivity (Wildman–Crippen MR) is 74.9 cm³/mol. The van der Waals surface area contributed by atoms with Gasteiger partial charge in [0.15, 0.2) is 5.82 Å². The number of benzene rings is 1. The van der Waals surface area contributed by atoms with E-state index in [1.165, 1.54) is 0 Å². The maximum absolute atomic E-state index is 4.17. The zero-order valence-corrected chi connectivity index (χ0v) is 11.3. The van der Waals surface area contributed by atoms with Crippen LogP contribution in [0.2, 0.25) is 0 Å². The molecular weight excluding hydrogens is 254 g/mol. The Morgan fingerprint density at radius 3 is 2.95 bits per heavy atom. The molecule has 7 nitrogen and oxygen atoms in total. The van der Waals surface area contributed by atoms with Crippen LogP contribution in [0, 0.1) is 6.92 Å². The molecule has 0 bridgehead atoms. The first-order chi connectivity index (χ1) is 9.72. The van der Waals surface area contributed by atoms with Crippen LogP contribution < -0.4 is 5.32 Å². The zero-order chi connectivity index (χ0) is 13.9. The van der Waals surface area contributed by atoms with Crippen molar-refractivity contribution in [3.8, 4) is 11.4 Å². The van der Waals surface area contributed by atoms with E-state index in [0.29, 0.717) is 6.54 Å². The van der Waals surface area contributed by atoms with E-state index in [-0.39, 0.29) is 0 Å². The molecule has 20 heavy (non-hydrogen) atoms. The summed E-state index contributed by atoms with van der Waals surface area (Å²) in [6.45, 7) is 2.63. The average Bonchev–Trinajstić information content (AvgIpc) is 3.05. The molecule has 0 radical (unpaired) electrons. The van der Waals surface area contributed by atoms with Crippen molar-refractivity contribution in [3.63, 3.8) is 0 Å². The molecule has 0 aliphatic rings. The van der Waals surface area contributed by atoms with Gasteiger partial charge in [-0.15, -0.1) is 5.10 Å². The van der Waals surface area contributed by atoms with Gasteiger partial charge < -0.3 is 10.3 Å². The van der Waals surface area contributed by atoms with Crippen molar-refractivity contribution in [1.82, 2.24) is 30.2 Å². The van der Waals surface area contributed by atoms with E-state index in [0.717, 1.165) is 28.6 Å². The van der Waals surface area contributed by atoms with Gasteiger partial charge >= 0.3 is 0 Å². The lowest BCUT2D eigenvalue weighted by Crippen LogP contribution is -2.00. The molecule has 0 saturated carbocycles. The summed E-state index contributed by atoms with van der Waals surface area (Å²) >= 11 is 0. The number of aromatic amines is 1. The Balaban J connectivity index is 1.76. The van der Waals surface area contributed by atoms with E-state index < -0.39 is 0 Å². The van der Waals surface area contributed by atoms with Gasteiger partial charge in [-0.05, 0) is 29.5 Å². The number of H-pyrrole nitrogens is 1. The fourth-order valence-electron chi connectivity index (χ4n) is 2.00. The Hall–Kier alpha value is -2.70. The van der Waals surface area contributed by atoms with E-state index in [4.69, 9.17) is 0 Å². The Kier molecular flexibility index (Phi) is 3.16. The summed E-state index contributed by atoms with van der Waals surface area (Å²) in [6.07, 6.45) is 1.83. The van der Waals surface area contributed by atoms with Gasteiger partial charge in [0.1, 0.15) is 5.82 Å². The van der Waals surface area contributed by atoms with Crippen LogP contribution in [0.5, 0.6) is 0 Å². The molecular formula is C13H15N7. The molecule has 0 atom stereocenters. The minimum atomic E-state index is 0.696. The molecule has 0 aliphatic carbocycles. The molecule has 1 aromatic carbocycles. The molecule has 0 spiro atoms. The Morgan fingerprint density at radius 2 is 2.25 bits per heavy atom. The van der Waals surface area contributed by atoms with E-state index in [9.17, 15) is 0 Å². The van der Waals surface area contributed by atoms with E-state index >= 15 is 0 Å². The number of hydrogen-bond acceptors (Lipinski definition) is 5. The van der Waals surface area contributed by atoms with Gasteiger partial charge in [-0.2, -0.15) is 0 Å². The molecule has 0 fully saturated rings. The van der Waals surface area contributed by atoms with Crippen molar-refractivity contribution < 1.29 is 0 Å². The number of rotatable bonds is 4. The van der Waals surface area contributed by atoms with Gasteiger partial charge in [0, 0.05) is 18.3 Å². The average molecular weight is 269 g/mol. The number of aromatic nitrogens is 6. The lowest BCUT2D eigenvalue weighted by atomic mass is 10.2. The molecule has 3 rings (SSSR count). The first-order valence-corrected chi connectivity index (χ1v) is 6.29. The fraction of sp³-hybridized carbons (Fsp3) is 0.231. The van der Waals surface area contributed by atoms with Crippen molar-refractivity contribution in [1.29, 1.82) is 0 Å². The number of nitrogens with zero attached hydrogens (tertiary/aromatic N) is 5. The molecule has 0 amide bonds. The van der Waals surface area contributed by atoms with E-state index in [1.807, 2.05) is 44.4 Å². The number of imidazole rings is 1. The third kappa shape index (κ3) is 2.51. The minimum absolute atomic E-state index is 0.696. The van der Waals surface area contributed by atoms with Crippen LogP contribution in [-0.4, -0.2) is 30.2 Å². The van der Waals surface area contributed by atoms with Crippen LogP contribution >= 0.6 is 0 Å². The minimum Gasteiger partial charge on any atom is -0.379 e. The van der Waals surface area contributed by atoms with Gasteiger partial charge in [0.25, 0.3) is 0 Å². The van der Waals surface area contributed by atoms with Gasteiger partial charge in [-0.1, -0.05) is 12.1 Å². The second-order valence-corrected chi connectivity index (χ2v) is 4.55. The van der Waals surface area contributed by atoms with Crippen LogP contribution in [0.15, 0.2) is 30.5 Å². The number of anilines is 1. The number of aryl methyl sites for hydroxylation is 2. The van der Waals surface area contributed by atoms with Crippen molar-refractivity contribution in [3.05, 3.63) is 42.0 Å². The smallest absolute Gasteiger partial charge is 0.181 e. The summed E-state index contributed by atoms with van der Waals surface area (Å²) in [4.78, 5) is 7.36. The Labute approximate surface area is 116 Å². The van der Waals surface area contributed by atoms with Crippen molar-refractivity contribution in [2.75, 3.05) is 5.32 Å². The van der Waals surface area contributed by atoms with Crippen LogP contribution in [-0.2, 0) is 13.6 Å². The Bertz CT molecular complexity index is 713. The maximum Gasteiger partial charge on any atom is 0.181 e. The fourth-order valence-corrected chi connectivity index (χ4v) is 2.00. The van der Waals surface area contributed by atoms with Gasteiger partial charge in [-0.25, -0.2) is 9.67 Å². The predicted octanol–water partition coefficient (Wildman–Crippen LogP) is 1.52. The number of nitrogens with one attached hydrogen (secondary N) is 2. The topological polar surface area (TPSA) is 84.3 Å².